The Hall–Kier alpha value is -3.48. The van der Waals surface area contributed by atoms with Gasteiger partial charge in [-0.05, 0) is 24.3 Å². The van der Waals surface area contributed by atoms with Gasteiger partial charge in [-0.15, -0.1) is 0 Å². The first-order chi connectivity index (χ1) is 12.3. The first kappa shape index (κ1) is 15.1. The monoisotopic (exact) mass is 333 g/mol. The molecule has 0 bridgehead atoms. The van der Waals surface area contributed by atoms with Crippen molar-refractivity contribution < 1.29 is 9.53 Å². The molecule has 3 heterocycles. The number of rotatable bonds is 4. The van der Waals surface area contributed by atoms with E-state index in [1.807, 2.05) is 24.3 Å². The summed E-state index contributed by atoms with van der Waals surface area (Å²) in [5.74, 6) is 1.23. The van der Waals surface area contributed by atoms with Crippen LogP contribution in [0.2, 0.25) is 0 Å². The van der Waals surface area contributed by atoms with Crippen LogP contribution in [0.1, 0.15) is 28.7 Å². The van der Waals surface area contributed by atoms with Crippen molar-refractivity contribution in [2.45, 2.75) is 12.5 Å². The second kappa shape index (κ2) is 6.56. The molecule has 4 rings (SSSR count). The Morgan fingerprint density at radius 2 is 2.08 bits per heavy atom. The van der Waals surface area contributed by atoms with Crippen molar-refractivity contribution in [1.82, 2.24) is 19.7 Å². The number of aromatic nitrogens is 4. The topological polar surface area (TPSA) is 81.9 Å². The van der Waals surface area contributed by atoms with Crippen molar-refractivity contribution in [2.75, 3.05) is 5.32 Å². The summed E-state index contributed by atoms with van der Waals surface area (Å²) in [6.07, 6.45) is 7.42. The highest BCUT2D eigenvalue weighted by Crippen LogP contribution is 2.26. The number of nitrogens with one attached hydrogen (secondary N) is 1. The molecule has 25 heavy (non-hydrogen) atoms. The van der Waals surface area contributed by atoms with Gasteiger partial charge in [0.2, 0.25) is 0 Å². The lowest BCUT2D eigenvalue weighted by molar-refractivity contribution is 0.102. The average molecular weight is 333 g/mol. The van der Waals surface area contributed by atoms with Crippen molar-refractivity contribution in [3.63, 3.8) is 0 Å². The van der Waals surface area contributed by atoms with Gasteiger partial charge in [0.25, 0.3) is 5.91 Å². The number of hydrogen-bond donors (Lipinski definition) is 1. The van der Waals surface area contributed by atoms with E-state index >= 15 is 0 Å². The largest absolute Gasteiger partial charge is 0.490 e. The number of nitrogens with zero attached hydrogens (tertiary/aromatic N) is 4. The van der Waals surface area contributed by atoms with E-state index in [0.29, 0.717) is 29.4 Å². The van der Waals surface area contributed by atoms with Gasteiger partial charge < -0.3 is 10.1 Å². The molecule has 1 N–H and O–H groups in total. The summed E-state index contributed by atoms with van der Waals surface area (Å²) in [5, 5.41) is 7.01. The minimum Gasteiger partial charge on any atom is -0.490 e. The zero-order chi connectivity index (χ0) is 17.1. The van der Waals surface area contributed by atoms with Gasteiger partial charge in [0, 0.05) is 30.4 Å². The summed E-state index contributed by atoms with van der Waals surface area (Å²) in [4.78, 5) is 21.4. The van der Waals surface area contributed by atoms with Crippen LogP contribution in [0.4, 0.5) is 5.82 Å². The van der Waals surface area contributed by atoms with E-state index < -0.39 is 0 Å². The van der Waals surface area contributed by atoms with Crippen LogP contribution in [0.5, 0.6) is 0 Å². The quantitative estimate of drug-likeness (QED) is 0.794. The maximum Gasteiger partial charge on any atom is 0.256 e. The van der Waals surface area contributed by atoms with Crippen molar-refractivity contribution >= 4 is 11.7 Å². The van der Waals surface area contributed by atoms with Gasteiger partial charge in [0.1, 0.15) is 5.82 Å². The van der Waals surface area contributed by atoms with E-state index in [2.05, 4.69) is 20.4 Å². The Balaban J connectivity index is 1.67. The van der Waals surface area contributed by atoms with Gasteiger partial charge in [0.05, 0.1) is 6.26 Å². The molecule has 1 atom stereocenters. The summed E-state index contributed by atoms with van der Waals surface area (Å²) < 4.78 is 7.12. The van der Waals surface area contributed by atoms with Gasteiger partial charge >= 0.3 is 0 Å². The highest BCUT2D eigenvalue weighted by atomic mass is 16.5. The zero-order valence-electron chi connectivity index (χ0n) is 13.2. The number of amides is 1. The predicted octanol–water partition coefficient (Wildman–Crippen LogP) is 2.89. The molecule has 1 aliphatic heterocycles. The van der Waals surface area contributed by atoms with Crippen LogP contribution in [-0.2, 0) is 4.74 Å². The Morgan fingerprint density at radius 1 is 1.20 bits per heavy atom. The molecule has 0 fully saturated rings. The normalized spacial score (nSPS) is 15.8. The Bertz CT molecular complexity index is 898. The van der Waals surface area contributed by atoms with Crippen LogP contribution in [0, 0.1) is 0 Å². The molecule has 1 amide bonds. The molecule has 3 aromatic rings. The van der Waals surface area contributed by atoms with Crippen molar-refractivity contribution in [3.05, 3.63) is 78.6 Å². The molecule has 1 aromatic carbocycles. The third-order valence-corrected chi connectivity index (χ3v) is 3.72. The summed E-state index contributed by atoms with van der Waals surface area (Å²) >= 11 is 0. The Morgan fingerprint density at radius 3 is 2.80 bits per heavy atom. The molecule has 0 spiro atoms. The number of anilines is 1. The van der Waals surface area contributed by atoms with Gasteiger partial charge in [-0.2, -0.15) is 5.10 Å². The second-order valence-corrected chi connectivity index (χ2v) is 5.47. The molecule has 7 heteroatoms. The van der Waals surface area contributed by atoms with Crippen LogP contribution in [0.3, 0.4) is 0 Å². The lowest BCUT2D eigenvalue weighted by atomic mass is 10.2. The minimum atomic E-state index is -0.261. The molecule has 0 saturated carbocycles. The first-order valence-corrected chi connectivity index (χ1v) is 7.85. The molecular weight excluding hydrogens is 318 g/mol. The van der Waals surface area contributed by atoms with Gasteiger partial charge in [-0.1, -0.05) is 18.2 Å². The number of carbonyl (C=O) groups is 1. The number of ether oxygens (including phenoxy) is 1. The number of hydrogen-bond acceptors (Lipinski definition) is 5. The van der Waals surface area contributed by atoms with E-state index in [1.165, 1.54) is 0 Å². The zero-order valence-corrected chi connectivity index (χ0v) is 13.2. The van der Waals surface area contributed by atoms with Crippen molar-refractivity contribution in [2.24, 2.45) is 0 Å². The maximum absolute atomic E-state index is 12.4. The Labute approximate surface area is 144 Å². The lowest BCUT2D eigenvalue weighted by Gasteiger charge is -2.13. The number of carbonyl (C=O) groups excluding carboxylic acids is 1. The first-order valence-electron chi connectivity index (χ1n) is 7.85. The SMILES string of the molecule is O=C(Nc1cc(-n2cccn2)nc(C2CC=CO2)n1)c1ccccc1. The summed E-state index contributed by atoms with van der Waals surface area (Å²) in [5.41, 5.74) is 0.557. The van der Waals surface area contributed by atoms with Crippen LogP contribution in [0.15, 0.2) is 67.2 Å². The molecule has 0 radical (unpaired) electrons. The molecule has 124 valence electrons. The molecule has 1 aliphatic rings. The molecule has 7 nitrogen and oxygen atoms in total. The van der Waals surface area contributed by atoms with E-state index in [0.717, 1.165) is 0 Å². The standard InChI is InChI=1S/C18H15N5O2/c24-18(13-6-2-1-3-7-13)21-15-12-16(23-10-5-9-19-23)22-17(20-15)14-8-4-11-25-14/h1-7,9-12,14H,8H2,(H,20,21,22,24). The van der Waals surface area contributed by atoms with Gasteiger partial charge in [-0.25, -0.2) is 14.6 Å². The van der Waals surface area contributed by atoms with Crippen molar-refractivity contribution in [3.8, 4) is 5.82 Å². The number of benzene rings is 1. The molecule has 2 aromatic heterocycles. The smallest absolute Gasteiger partial charge is 0.256 e. The third kappa shape index (κ3) is 3.25. The second-order valence-electron chi connectivity index (χ2n) is 5.47. The highest BCUT2D eigenvalue weighted by Gasteiger charge is 2.20. The summed E-state index contributed by atoms with van der Waals surface area (Å²) in [7, 11) is 0. The van der Waals surface area contributed by atoms with Gasteiger partial charge in [-0.3, -0.25) is 4.79 Å². The van der Waals surface area contributed by atoms with Gasteiger partial charge in [0.15, 0.2) is 17.7 Å². The fourth-order valence-corrected chi connectivity index (χ4v) is 2.51. The molecular formula is C18H15N5O2. The fourth-order valence-electron chi connectivity index (χ4n) is 2.51. The van der Waals surface area contributed by atoms with Crippen molar-refractivity contribution in [1.29, 1.82) is 0 Å². The van der Waals surface area contributed by atoms with E-state index in [9.17, 15) is 4.79 Å². The van der Waals surface area contributed by atoms with E-state index in [4.69, 9.17) is 4.74 Å². The lowest BCUT2D eigenvalue weighted by Crippen LogP contribution is -2.16. The summed E-state index contributed by atoms with van der Waals surface area (Å²) in [6, 6.07) is 12.5. The predicted molar refractivity (Wildman–Crippen MR) is 91.1 cm³/mol. The summed E-state index contributed by atoms with van der Waals surface area (Å²) in [6.45, 7) is 0. The highest BCUT2D eigenvalue weighted by molar-refractivity contribution is 6.03. The molecule has 0 aliphatic carbocycles. The van der Waals surface area contributed by atoms with Crippen LogP contribution in [0.25, 0.3) is 5.82 Å². The molecule has 1 unspecified atom stereocenters. The average Bonchev–Trinajstić information content (AvgIpc) is 3.36. The minimum absolute atomic E-state index is 0.234. The van der Waals surface area contributed by atoms with Crippen LogP contribution < -0.4 is 5.32 Å². The Kier molecular flexibility index (Phi) is 3.96. The van der Waals surface area contributed by atoms with E-state index in [1.54, 1.807) is 47.6 Å². The third-order valence-electron chi connectivity index (χ3n) is 3.72. The maximum atomic E-state index is 12.4. The molecule has 0 saturated heterocycles. The van der Waals surface area contributed by atoms with Crippen LogP contribution >= 0.6 is 0 Å². The van der Waals surface area contributed by atoms with E-state index in [-0.39, 0.29) is 12.0 Å². The fraction of sp³-hybridized carbons (Fsp3) is 0.111. The van der Waals surface area contributed by atoms with Crippen LogP contribution in [-0.4, -0.2) is 25.7 Å².